The first kappa shape index (κ1) is 26.1. The third-order valence-corrected chi connectivity index (χ3v) is 7.69. The van der Waals surface area contributed by atoms with E-state index < -0.39 is 11.5 Å². The van der Waals surface area contributed by atoms with Crippen LogP contribution in [0.25, 0.3) is 5.65 Å². The van der Waals surface area contributed by atoms with Crippen LogP contribution in [0.1, 0.15) is 69.3 Å². The van der Waals surface area contributed by atoms with Gasteiger partial charge in [0.2, 0.25) is 11.8 Å². The number of nitrogens with zero attached hydrogens (tertiary/aromatic N) is 4. The zero-order valence-electron chi connectivity index (χ0n) is 21.4. The molecule has 4 rings (SSSR count). The summed E-state index contributed by atoms with van der Waals surface area (Å²) >= 11 is 0. The van der Waals surface area contributed by atoms with E-state index in [1.54, 1.807) is 27.9 Å². The molecule has 36 heavy (non-hydrogen) atoms. The van der Waals surface area contributed by atoms with Gasteiger partial charge in [0.05, 0.1) is 11.6 Å². The molecule has 0 unspecified atom stereocenters. The van der Waals surface area contributed by atoms with Crippen molar-refractivity contribution in [3.8, 4) is 0 Å². The van der Waals surface area contributed by atoms with Gasteiger partial charge in [0, 0.05) is 39.0 Å². The van der Waals surface area contributed by atoms with Crippen molar-refractivity contribution in [2.75, 3.05) is 32.8 Å². The maximum Gasteiger partial charge on any atom is 0.274 e. The molecule has 4 heterocycles. The second kappa shape index (κ2) is 11.8. The summed E-state index contributed by atoms with van der Waals surface area (Å²) in [7, 11) is 0. The second-order valence-corrected chi connectivity index (χ2v) is 10.1. The summed E-state index contributed by atoms with van der Waals surface area (Å²) in [5, 5.41) is 10.3. The molecule has 2 aromatic heterocycles. The highest BCUT2D eigenvalue weighted by Crippen LogP contribution is 2.38. The molecule has 2 aliphatic heterocycles. The van der Waals surface area contributed by atoms with E-state index in [-0.39, 0.29) is 23.6 Å². The number of carbonyl (C=O) groups is 3. The van der Waals surface area contributed by atoms with Crippen molar-refractivity contribution in [2.45, 2.75) is 64.8 Å². The van der Waals surface area contributed by atoms with Crippen molar-refractivity contribution >= 4 is 23.4 Å². The van der Waals surface area contributed by atoms with E-state index in [1.165, 1.54) is 0 Å². The van der Waals surface area contributed by atoms with Gasteiger partial charge in [0.1, 0.15) is 11.7 Å². The van der Waals surface area contributed by atoms with Gasteiger partial charge >= 0.3 is 0 Å². The largest absolute Gasteiger partial charge is 0.381 e. The van der Waals surface area contributed by atoms with Gasteiger partial charge in [-0.25, -0.2) is 9.50 Å². The number of hydrogen-bond donors (Lipinski definition) is 2. The monoisotopic (exact) mass is 498 g/mol. The summed E-state index contributed by atoms with van der Waals surface area (Å²) in [6, 6.07) is 3.01. The first-order valence-electron chi connectivity index (χ1n) is 13.2. The number of nitrogens with one attached hydrogen (secondary N) is 2. The molecule has 10 heteroatoms. The van der Waals surface area contributed by atoms with Crippen LogP contribution in [0, 0.1) is 11.3 Å². The standard InChI is InChI=1S/C26H38N6O4/c1-3-19(2)22-23(33)27-12-7-17-36-16-5-4-9-26(25(35)30-22)10-14-31(15-11-26)24(34)20-18-32-21(29-20)8-6-13-28-32/h6,8,13,18-19,22H,3-5,7,9-12,14-17H2,1-2H3,(H,27,33)(H,30,35)/t19-,22-/m0/s1. The number of amides is 3. The summed E-state index contributed by atoms with van der Waals surface area (Å²) in [5.41, 5.74) is 0.356. The van der Waals surface area contributed by atoms with Crippen molar-refractivity contribution < 1.29 is 19.1 Å². The highest BCUT2D eigenvalue weighted by molar-refractivity contribution is 5.94. The maximum atomic E-state index is 13.8. The molecule has 0 saturated carbocycles. The minimum atomic E-state index is -0.618. The zero-order valence-corrected chi connectivity index (χ0v) is 21.4. The van der Waals surface area contributed by atoms with E-state index in [0.29, 0.717) is 63.5 Å². The Balaban J connectivity index is 1.49. The third-order valence-electron chi connectivity index (χ3n) is 7.69. The Kier molecular flexibility index (Phi) is 8.56. The van der Waals surface area contributed by atoms with Crippen LogP contribution in [0.15, 0.2) is 24.5 Å². The number of imidazole rings is 1. The summed E-state index contributed by atoms with van der Waals surface area (Å²) in [5.74, 6) is -0.356. The predicted octanol–water partition coefficient (Wildman–Crippen LogP) is 2.19. The molecule has 2 fully saturated rings. The minimum Gasteiger partial charge on any atom is -0.381 e. The number of piperidine rings is 1. The van der Waals surface area contributed by atoms with Crippen LogP contribution < -0.4 is 10.6 Å². The van der Waals surface area contributed by atoms with E-state index in [1.807, 2.05) is 19.9 Å². The molecule has 196 valence electrons. The van der Waals surface area contributed by atoms with Crippen molar-refractivity contribution in [1.29, 1.82) is 0 Å². The lowest BCUT2D eigenvalue weighted by atomic mass is 9.73. The Morgan fingerprint density at radius 1 is 1.19 bits per heavy atom. The maximum absolute atomic E-state index is 13.8. The van der Waals surface area contributed by atoms with Gasteiger partial charge in [0.25, 0.3) is 5.91 Å². The molecule has 0 aromatic carbocycles. The molecule has 2 aliphatic rings. The summed E-state index contributed by atoms with van der Waals surface area (Å²) in [6.45, 7) is 6.73. The lowest BCUT2D eigenvalue weighted by Crippen LogP contribution is -2.57. The van der Waals surface area contributed by atoms with Crippen molar-refractivity contribution in [3.05, 3.63) is 30.2 Å². The van der Waals surface area contributed by atoms with E-state index in [4.69, 9.17) is 4.74 Å². The van der Waals surface area contributed by atoms with Gasteiger partial charge in [-0.15, -0.1) is 0 Å². The molecule has 2 N–H and O–H groups in total. The minimum absolute atomic E-state index is 0.0143. The number of hydrogen-bond acceptors (Lipinski definition) is 6. The topological polar surface area (TPSA) is 118 Å². The molecule has 10 nitrogen and oxygen atoms in total. The third kappa shape index (κ3) is 5.86. The summed E-state index contributed by atoms with van der Waals surface area (Å²) < 4.78 is 7.30. The number of carbonyl (C=O) groups excluding carboxylic acids is 3. The zero-order chi connectivity index (χ0) is 25.5. The van der Waals surface area contributed by atoms with Crippen LogP contribution in [0.3, 0.4) is 0 Å². The first-order chi connectivity index (χ1) is 17.4. The van der Waals surface area contributed by atoms with Crippen molar-refractivity contribution in [3.63, 3.8) is 0 Å². The fourth-order valence-corrected chi connectivity index (χ4v) is 5.09. The molecule has 0 bridgehead atoms. The van der Waals surface area contributed by atoms with Crippen LogP contribution in [0.2, 0.25) is 0 Å². The van der Waals surface area contributed by atoms with Crippen molar-refractivity contribution in [2.24, 2.45) is 11.3 Å². The number of fused-ring (bicyclic) bond motifs is 1. The Hall–Kier alpha value is -3.01. The fourth-order valence-electron chi connectivity index (χ4n) is 5.09. The van der Waals surface area contributed by atoms with Gasteiger partial charge in [0.15, 0.2) is 5.65 Å². The number of aromatic nitrogens is 3. The molecule has 2 aromatic rings. The fraction of sp³-hybridized carbons (Fsp3) is 0.654. The van der Waals surface area contributed by atoms with Crippen molar-refractivity contribution in [1.82, 2.24) is 30.1 Å². The molecule has 1 spiro atoms. The molecule has 0 aliphatic carbocycles. The highest BCUT2D eigenvalue weighted by Gasteiger charge is 2.43. The normalized spacial score (nSPS) is 23.1. The SMILES string of the molecule is CC[C@H](C)[C@@H]1NC(=O)C2(CCCCOCCCNC1=O)CCN(C(=O)c1cn3ncccc3n1)CC2. The number of ether oxygens (including phenoxy) is 1. The van der Waals surface area contributed by atoms with Gasteiger partial charge in [-0.1, -0.05) is 26.7 Å². The first-order valence-corrected chi connectivity index (χ1v) is 13.2. The highest BCUT2D eigenvalue weighted by atomic mass is 16.5. The predicted molar refractivity (Wildman–Crippen MR) is 134 cm³/mol. The Labute approximate surface area is 212 Å². The lowest BCUT2D eigenvalue weighted by molar-refractivity contribution is -0.139. The lowest BCUT2D eigenvalue weighted by Gasteiger charge is -2.41. The van der Waals surface area contributed by atoms with Crippen LogP contribution in [0.4, 0.5) is 0 Å². The van der Waals surface area contributed by atoms with E-state index in [9.17, 15) is 14.4 Å². The molecule has 2 atom stereocenters. The Morgan fingerprint density at radius 2 is 1.97 bits per heavy atom. The van der Waals surface area contributed by atoms with Crippen LogP contribution in [-0.4, -0.2) is 76.1 Å². The molecular weight excluding hydrogens is 460 g/mol. The quantitative estimate of drug-likeness (QED) is 0.670. The smallest absolute Gasteiger partial charge is 0.274 e. The van der Waals surface area contributed by atoms with Crippen LogP contribution in [-0.2, 0) is 14.3 Å². The Morgan fingerprint density at radius 3 is 2.72 bits per heavy atom. The summed E-state index contributed by atoms with van der Waals surface area (Å²) in [6.07, 6.45) is 8.37. The van der Waals surface area contributed by atoms with Gasteiger partial charge in [-0.2, -0.15) is 5.10 Å². The number of rotatable bonds is 3. The van der Waals surface area contributed by atoms with E-state index in [2.05, 4.69) is 20.7 Å². The number of likely N-dealkylation sites (tertiary alicyclic amines) is 1. The molecule has 3 amide bonds. The molecular formula is C26H38N6O4. The second-order valence-electron chi connectivity index (χ2n) is 10.1. The van der Waals surface area contributed by atoms with Gasteiger partial charge < -0.3 is 20.3 Å². The summed E-state index contributed by atoms with van der Waals surface area (Å²) in [4.78, 5) is 46.0. The van der Waals surface area contributed by atoms with Crippen LogP contribution in [0.5, 0.6) is 0 Å². The molecule has 2 saturated heterocycles. The van der Waals surface area contributed by atoms with E-state index in [0.717, 1.165) is 25.7 Å². The van der Waals surface area contributed by atoms with E-state index >= 15 is 0 Å². The van der Waals surface area contributed by atoms with Gasteiger partial charge in [-0.05, 0) is 50.2 Å². The van der Waals surface area contributed by atoms with Crippen LogP contribution >= 0.6 is 0 Å². The average molecular weight is 499 g/mol. The Bertz CT molecular complexity index is 1030. The molecule has 0 radical (unpaired) electrons. The average Bonchev–Trinajstić information content (AvgIpc) is 3.34. The van der Waals surface area contributed by atoms with Gasteiger partial charge in [-0.3, -0.25) is 14.4 Å².